The average Bonchev–Trinajstić information content (AvgIpc) is 2.78. The minimum Gasteiger partial charge on any atom is -0.292 e. The standard InChI is InChI=1S/C14H9Cl2N3O2/c15-9-4-5-11(16)10(7-9)12(20)8-19-14(21)18-6-2-1-3-13(18)17-19/h1-7H,8H2. The highest BCUT2D eigenvalue weighted by Crippen LogP contribution is 2.21. The fraction of sp³-hybridized carbons (Fsp3) is 0.0714. The Hall–Kier alpha value is -2.11. The van der Waals surface area contributed by atoms with E-state index in [4.69, 9.17) is 23.2 Å². The van der Waals surface area contributed by atoms with Crippen molar-refractivity contribution in [3.05, 3.63) is 68.7 Å². The summed E-state index contributed by atoms with van der Waals surface area (Å²) in [6.45, 7) is -0.194. The van der Waals surface area contributed by atoms with E-state index in [1.54, 1.807) is 36.5 Å². The zero-order chi connectivity index (χ0) is 15.0. The molecule has 5 nitrogen and oxygen atoms in total. The maximum Gasteiger partial charge on any atom is 0.350 e. The van der Waals surface area contributed by atoms with E-state index >= 15 is 0 Å². The summed E-state index contributed by atoms with van der Waals surface area (Å²) in [7, 11) is 0. The molecule has 1 aromatic carbocycles. The van der Waals surface area contributed by atoms with Crippen molar-refractivity contribution in [2.75, 3.05) is 0 Å². The molecule has 2 aromatic heterocycles. The van der Waals surface area contributed by atoms with E-state index in [1.165, 1.54) is 10.5 Å². The number of benzene rings is 1. The third kappa shape index (κ3) is 2.57. The molecule has 0 aliphatic heterocycles. The van der Waals surface area contributed by atoms with E-state index < -0.39 is 0 Å². The van der Waals surface area contributed by atoms with Crippen molar-refractivity contribution in [2.45, 2.75) is 6.54 Å². The Bertz CT molecular complexity index is 899. The Labute approximate surface area is 129 Å². The van der Waals surface area contributed by atoms with Crippen molar-refractivity contribution < 1.29 is 4.79 Å². The van der Waals surface area contributed by atoms with Crippen molar-refractivity contribution in [2.24, 2.45) is 0 Å². The molecule has 0 saturated carbocycles. The molecule has 0 saturated heterocycles. The summed E-state index contributed by atoms with van der Waals surface area (Å²) in [5.41, 5.74) is 0.373. The van der Waals surface area contributed by atoms with Crippen molar-refractivity contribution in [1.29, 1.82) is 0 Å². The molecule has 0 atom stereocenters. The summed E-state index contributed by atoms with van der Waals surface area (Å²) < 4.78 is 2.47. The maximum absolute atomic E-state index is 12.3. The highest BCUT2D eigenvalue weighted by Gasteiger charge is 2.15. The van der Waals surface area contributed by atoms with Crippen LogP contribution in [-0.2, 0) is 6.54 Å². The number of halogens is 2. The van der Waals surface area contributed by atoms with Gasteiger partial charge in [-0.2, -0.15) is 0 Å². The van der Waals surface area contributed by atoms with E-state index in [9.17, 15) is 9.59 Å². The number of carbonyl (C=O) groups excluding carboxylic acids is 1. The summed E-state index contributed by atoms with van der Waals surface area (Å²) >= 11 is 11.8. The Balaban J connectivity index is 1.98. The van der Waals surface area contributed by atoms with Crippen LogP contribution in [0, 0.1) is 0 Å². The molecule has 0 aliphatic carbocycles. The van der Waals surface area contributed by atoms with E-state index in [2.05, 4.69) is 5.10 Å². The third-order valence-electron chi connectivity index (χ3n) is 3.01. The molecular formula is C14H9Cl2N3O2. The molecule has 7 heteroatoms. The second kappa shape index (κ2) is 5.35. The van der Waals surface area contributed by atoms with Gasteiger partial charge in [-0.3, -0.25) is 9.20 Å². The predicted molar refractivity (Wildman–Crippen MR) is 80.2 cm³/mol. The molecule has 3 aromatic rings. The zero-order valence-corrected chi connectivity index (χ0v) is 12.2. The Morgan fingerprint density at radius 1 is 1.19 bits per heavy atom. The van der Waals surface area contributed by atoms with Crippen LogP contribution in [0.25, 0.3) is 5.65 Å². The summed E-state index contributed by atoms with van der Waals surface area (Å²) in [5.74, 6) is -0.326. The molecule has 2 heterocycles. The van der Waals surface area contributed by atoms with Gasteiger partial charge in [0.2, 0.25) is 0 Å². The van der Waals surface area contributed by atoms with Crippen molar-refractivity contribution in [3.63, 3.8) is 0 Å². The van der Waals surface area contributed by atoms with Crippen molar-refractivity contribution in [3.8, 4) is 0 Å². The summed E-state index contributed by atoms with van der Waals surface area (Å²) in [4.78, 5) is 24.4. The van der Waals surface area contributed by atoms with Crippen LogP contribution < -0.4 is 5.69 Å². The summed E-state index contributed by atoms with van der Waals surface area (Å²) in [6.07, 6.45) is 1.60. The van der Waals surface area contributed by atoms with Gasteiger partial charge < -0.3 is 0 Å². The molecule has 0 amide bonds. The van der Waals surface area contributed by atoms with Crippen LogP contribution in [0.3, 0.4) is 0 Å². The molecule has 0 aliphatic rings. The smallest absolute Gasteiger partial charge is 0.292 e. The fourth-order valence-electron chi connectivity index (χ4n) is 2.00. The van der Waals surface area contributed by atoms with Crippen LogP contribution in [0.5, 0.6) is 0 Å². The number of hydrogen-bond donors (Lipinski definition) is 0. The Morgan fingerprint density at radius 2 is 2.00 bits per heavy atom. The largest absolute Gasteiger partial charge is 0.350 e. The number of pyridine rings is 1. The minimum absolute atomic E-state index is 0.194. The average molecular weight is 322 g/mol. The maximum atomic E-state index is 12.3. The minimum atomic E-state index is -0.378. The van der Waals surface area contributed by atoms with E-state index in [0.717, 1.165) is 4.68 Å². The van der Waals surface area contributed by atoms with Crippen LogP contribution in [0.4, 0.5) is 0 Å². The Morgan fingerprint density at radius 3 is 2.76 bits per heavy atom. The number of ketones is 1. The lowest BCUT2D eigenvalue weighted by Gasteiger charge is -2.03. The van der Waals surface area contributed by atoms with E-state index in [1.807, 2.05) is 0 Å². The first-order valence-electron chi connectivity index (χ1n) is 6.09. The first-order valence-corrected chi connectivity index (χ1v) is 6.84. The van der Waals surface area contributed by atoms with E-state index in [-0.39, 0.29) is 23.6 Å². The van der Waals surface area contributed by atoms with Gasteiger partial charge in [0.15, 0.2) is 11.4 Å². The second-order valence-electron chi connectivity index (χ2n) is 4.42. The highest BCUT2D eigenvalue weighted by molar-refractivity contribution is 6.35. The number of nitrogens with zero attached hydrogens (tertiary/aromatic N) is 3. The first kappa shape index (κ1) is 13.9. The molecule has 0 fully saturated rings. The third-order valence-corrected chi connectivity index (χ3v) is 3.58. The number of rotatable bonds is 3. The summed E-state index contributed by atoms with van der Waals surface area (Å²) in [6, 6.07) is 9.79. The van der Waals surface area contributed by atoms with Crippen molar-refractivity contribution >= 4 is 34.6 Å². The second-order valence-corrected chi connectivity index (χ2v) is 5.26. The molecule has 106 valence electrons. The monoisotopic (exact) mass is 321 g/mol. The number of hydrogen-bond acceptors (Lipinski definition) is 3. The molecule has 0 spiro atoms. The first-order chi connectivity index (χ1) is 10.1. The number of Topliss-reactive ketones (excluding diaryl/α,β-unsaturated/α-hetero) is 1. The quantitative estimate of drug-likeness (QED) is 0.697. The van der Waals surface area contributed by atoms with Gasteiger partial charge in [0.1, 0.15) is 6.54 Å². The topological polar surface area (TPSA) is 56.4 Å². The van der Waals surface area contributed by atoms with Crippen LogP contribution >= 0.6 is 23.2 Å². The van der Waals surface area contributed by atoms with Crippen molar-refractivity contribution in [1.82, 2.24) is 14.2 Å². The fourth-order valence-corrected chi connectivity index (χ4v) is 2.40. The van der Waals surface area contributed by atoms with Gasteiger partial charge in [-0.1, -0.05) is 29.3 Å². The van der Waals surface area contributed by atoms with Gasteiger partial charge in [0, 0.05) is 16.8 Å². The molecular weight excluding hydrogens is 313 g/mol. The molecule has 21 heavy (non-hydrogen) atoms. The van der Waals surface area contributed by atoms with Gasteiger partial charge in [0.25, 0.3) is 0 Å². The zero-order valence-electron chi connectivity index (χ0n) is 10.7. The number of aromatic nitrogens is 3. The van der Waals surface area contributed by atoms with Gasteiger partial charge in [-0.05, 0) is 30.3 Å². The van der Waals surface area contributed by atoms with E-state index in [0.29, 0.717) is 15.7 Å². The van der Waals surface area contributed by atoms with Gasteiger partial charge in [0.05, 0.1) is 5.02 Å². The summed E-state index contributed by atoms with van der Waals surface area (Å²) in [5, 5.41) is 4.80. The predicted octanol–water partition coefficient (Wildman–Crippen LogP) is 2.69. The normalized spacial score (nSPS) is 11.0. The van der Waals surface area contributed by atoms with Gasteiger partial charge >= 0.3 is 5.69 Å². The molecule has 0 radical (unpaired) electrons. The highest BCUT2D eigenvalue weighted by atomic mass is 35.5. The molecule has 3 rings (SSSR count). The van der Waals surface area contributed by atoms with Gasteiger partial charge in [-0.25, -0.2) is 9.48 Å². The lowest BCUT2D eigenvalue weighted by atomic mass is 10.1. The van der Waals surface area contributed by atoms with Crippen LogP contribution in [0.15, 0.2) is 47.4 Å². The lowest BCUT2D eigenvalue weighted by molar-refractivity contribution is 0.0966. The molecule has 0 unspecified atom stereocenters. The van der Waals surface area contributed by atoms with Crippen LogP contribution in [0.1, 0.15) is 10.4 Å². The van der Waals surface area contributed by atoms with Crippen LogP contribution in [-0.4, -0.2) is 20.0 Å². The van der Waals surface area contributed by atoms with Gasteiger partial charge in [-0.15, -0.1) is 5.10 Å². The number of carbonyl (C=O) groups is 1. The van der Waals surface area contributed by atoms with Crippen LogP contribution in [0.2, 0.25) is 10.0 Å². The number of fused-ring (bicyclic) bond motifs is 1. The SMILES string of the molecule is O=C(Cn1nc2ccccn2c1=O)c1cc(Cl)ccc1Cl. The Kier molecular flexibility index (Phi) is 3.53. The molecule has 0 N–H and O–H groups in total. The lowest BCUT2D eigenvalue weighted by Crippen LogP contribution is -2.25. The molecule has 0 bridgehead atoms.